The topological polar surface area (TPSA) is 90.9 Å². The molecular formula is C16H33IN4O3S. The van der Waals surface area contributed by atoms with Crippen molar-refractivity contribution in [3.05, 3.63) is 0 Å². The number of guanidine groups is 1. The Kier molecular flexibility index (Phi) is 10.3. The lowest BCUT2D eigenvalue weighted by molar-refractivity contribution is -0.138. The van der Waals surface area contributed by atoms with Crippen molar-refractivity contribution in [2.75, 3.05) is 39.7 Å². The Morgan fingerprint density at radius 1 is 1.28 bits per heavy atom. The van der Waals surface area contributed by atoms with Gasteiger partial charge in [0.15, 0.2) is 5.96 Å². The lowest BCUT2D eigenvalue weighted by Gasteiger charge is -2.31. The molecule has 1 amide bonds. The second kappa shape index (κ2) is 10.5. The number of amides is 1. The molecule has 1 saturated carbocycles. The van der Waals surface area contributed by atoms with Crippen molar-refractivity contribution >= 4 is 45.7 Å². The molecule has 0 bridgehead atoms. The number of nitrogens with one attached hydrogen (secondary N) is 2. The van der Waals surface area contributed by atoms with Crippen molar-refractivity contribution in [1.29, 1.82) is 0 Å². The molecule has 0 saturated heterocycles. The summed E-state index contributed by atoms with van der Waals surface area (Å²) in [5.74, 6) is 0.906. The number of carbonyl (C=O) groups is 1. The van der Waals surface area contributed by atoms with Crippen molar-refractivity contribution in [2.24, 2.45) is 10.4 Å². The number of carbonyl (C=O) groups excluding carboxylic acids is 1. The smallest absolute Gasteiger partial charge is 0.230 e. The molecule has 0 radical (unpaired) electrons. The zero-order valence-electron chi connectivity index (χ0n) is 16.0. The molecule has 1 fully saturated rings. The lowest BCUT2D eigenvalue weighted by atomic mass is 9.84. The van der Waals surface area contributed by atoms with Crippen LogP contribution in [0.25, 0.3) is 0 Å². The lowest BCUT2D eigenvalue weighted by Crippen LogP contribution is -2.50. The molecule has 1 unspecified atom stereocenters. The normalized spacial score (nSPS) is 18.2. The van der Waals surface area contributed by atoms with Crippen LogP contribution in [0, 0.1) is 5.41 Å². The van der Waals surface area contributed by atoms with Crippen LogP contribution in [-0.4, -0.2) is 70.9 Å². The minimum Gasteiger partial charge on any atom is -0.355 e. The van der Waals surface area contributed by atoms with E-state index in [1.54, 1.807) is 26.0 Å². The molecule has 1 aliphatic rings. The van der Waals surface area contributed by atoms with E-state index >= 15 is 0 Å². The van der Waals surface area contributed by atoms with Gasteiger partial charge in [0.25, 0.3) is 0 Å². The molecule has 7 nitrogen and oxygen atoms in total. The third-order valence-corrected chi connectivity index (χ3v) is 5.52. The molecule has 0 aromatic heterocycles. The summed E-state index contributed by atoms with van der Waals surface area (Å²) in [6.07, 6.45) is 5.66. The van der Waals surface area contributed by atoms with Gasteiger partial charge in [-0.1, -0.05) is 12.8 Å². The Labute approximate surface area is 169 Å². The second-order valence-electron chi connectivity index (χ2n) is 7.08. The first-order valence-electron chi connectivity index (χ1n) is 8.46. The summed E-state index contributed by atoms with van der Waals surface area (Å²) in [6, 6.07) is -0.0185. The van der Waals surface area contributed by atoms with Gasteiger partial charge in [0.05, 0.1) is 11.2 Å². The van der Waals surface area contributed by atoms with Crippen molar-refractivity contribution in [3.8, 4) is 0 Å². The molecule has 0 aromatic rings. The maximum atomic E-state index is 12.6. The van der Waals surface area contributed by atoms with E-state index in [4.69, 9.17) is 0 Å². The molecule has 2 N–H and O–H groups in total. The summed E-state index contributed by atoms with van der Waals surface area (Å²) >= 11 is 0. The van der Waals surface area contributed by atoms with Crippen molar-refractivity contribution in [1.82, 2.24) is 15.5 Å². The number of aliphatic imine (C=N–C) groups is 1. The van der Waals surface area contributed by atoms with Gasteiger partial charge in [0.1, 0.15) is 9.84 Å². The maximum Gasteiger partial charge on any atom is 0.230 e. The van der Waals surface area contributed by atoms with E-state index in [0.29, 0.717) is 18.9 Å². The molecular weight excluding hydrogens is 455 g/mol. The van der Waals surface area contributed by atoms with Gasteiger partial charge in [-0.3, -0.25) is 9.79 Å². The van der Waals surface area contributed by atoms with Crippen LogP contribution in [0.15, 0.2) is 4.99 Å². The highest BCUT2D eigenvalue weighted by molar-refractivity contribution is 14.0. The summed E-state index contributed by atoms with van der Waals surface area (Å²) < 4.78 is 22.5. The Morgan fingerprint density at radius 2 is 1.84 bits per heavy atom. The molecule has 1 atom stereocenters. The van der Waals surface area contributed by atoms with Crippen LogP contribution in [-0.2, 0) is 14.6 Å². The average molecular weight is 488 g/mol. The minimum absolute atomic E-state index is 0. The van der Waals surface area contributed by atoms with Gasteiger partial charge >= 0.3 is 0 Å². The number of rotatable bonds is 7. The van der Waals surface area contributed by atoms with E-state index in [1.807, 2.05) is 6.92 Å². The van der Waals surface area contributed by atoms with Crippen molar-refractivity contribution < 1.29 is 13.2 Å². The zero-order valence-corrected chi connectivity index (χ0v) is 19.1. The number of halogens is 1. The number of hydrogen-bond acceptors (Lipinski definition) is 4. The Bertz CT molecular complexity index is 558. The SMILES string of the molecule is CN=C(NCC1(C(=O)N(C)C)CCCC1)NC(C)CCS(C)(=O)=O.I. The maximum absolute atomic E-state index is 12.6. The van der Waals surface area contributed by atoms with E-state index in [-0.39, 0.29) is 47.1 Å². The second-order valence-corrected chi connectivity index (χ2v) is 9.34. The summed E-state index contributed by atoms with van der Waals surface area (Å²) in [5.41, 5.74) is -0.364. The highest BCUT2D eigenvalue weighted by atomic mass is 127. The fourth-order valence-electron chi connectivity index (χ4n) is 3.14. The van der Waals surface area contributed by atoms with Crippen molar-refractivity contribution in [3.63, 3.8) is 0 Å². The molecule has 25 heavy (non-hydrogen) atoms. The molecule has 0 spiro atoms. The molecule has 0 heterocycles. The molecule has 9 heteroatoms. The van der Waals surface area contributed by atoms with Gasteiger partial charge in [-0.25, -0.2) is 8.42 Å². The molecule has 148 valence electrons. The number of sulfone groups is 1. The number of hydrogen-bond donors (Lipinski definition) is 2. The fraction of sp³-hybridized carbons (Fsp3) is 0.875. The predicted molar refractivity (Wildman–Crippen MR) is 113 cm³/mol. The first-order chi connectivity index (χ1) is 11.1. The monoisotopic (exact) mass is 488 g/mol. The molecule has 0 aliphatic heterocycles. The fourth-order valence-corrected chi connectivity index (χ4v) is 3.92. The third-order valence-electron chi connectivity index (χ3n) is 4.54. The average Bonchev–Trinajstić information content (AvgIpc) is 2.97. The summed E-state index contributed by atoms with van der Waals surface area (Å²) in [5, 5.41) is 6.46. The van der Waals surface area contributed by atoms with E-state index < -0.39 is 9.84 Å². The van der Waals surface area contributed by atoms with Crippen molar-refractivity contribution in [2.45, 2.75) is 45.1 Å². The minimum atomic E-state index is -2.97. The van der Waals surface area contributed by atoms with Gasteiger partial charge in [0, 0.05) is 40.0 Å². The Balaban J connectivity index is 0.00000576. The van der Waals surface area contributed by atoms with Gasteiger partial charge in [0.2, 0.25) is 5.91 Å². The highest BCUT2D eigenvalue weighted by Crippen LogP contribution is 2.38. The Hall–Kier alpha value is -0.580. The van der Waals surface area contributed by atoms with Crippen LogP contribution in [0.1, 0.15) is 39.0 Å². The van der Waals surface area contributed by atoms with Gasteiger partial charge < -0.3 is 15.5 Å². The van der Waals surface area contributed by atoms with Crippen LogP contribution < -0.4 is 10.6 Å². The largest absolute Gasteiger partial charge is 0.355 e. The van der Waals surface area contributed by atoms with Crippen LogP contribution in [0.3, 0.4) is 0 Å². The van der Waals surface area contributed by atoms with E-state index in [0.717, 1.165) is 25.7 Å². The summed E-state index contributed by atoms with van der Waals surface area (Å²) in [4.78, 5) is 18.4. The van der Waals surface area contributed by atoms with Gasteiger partial charge in [-0.15, -0.1) is 24.0 Å². The zero-order chi connectivity index (χ0) is 18.4. The van der Waals surface area contributed by atoms with Gasteiger partial charge in [-0.2, -0.15) is 0 Å². The Morgan fingerprint density at radius 3 is 2.28 bits per heavy atom. The van der Waals surface area contributed by atoms with Crippen LogP contribution in [0.5, 0.6) is 0 Å². The summed E-state index contributed by atoms with van der Waals surface area (Å²) in [7, 11) is 2.29. The number of nitrogens with zero attached hydrogens (tertiary/aromatic N) is 2. The van der Waals surface area contributed by atoms with E-state index in [1.165, 1.54) is 6.26 Å². The van der Waals surface area contributed by atoms with Gasteiger partial charge in [-0.05, 0) is 26.2 Å². The highest BCUT2D eigenvalue weighted by Gasteiger charge is 2.42. The quantitative estimate of drug-likeness (QED) is 0.320. The third kappa shape index (κ3) is 8.10. The van der Waals surface area contributed by atoms with E-state index in [2.05, 4.69) is 15.6 Å². The standard InChI is InChI=1S/C16H32N4O3S.HI/c1-13(8-11-24(5,22)23)19-15(17-2)18-12-16(9-6-7-10-16)14(21)20(3)4;/h13H,6-12H2,1-5H3,(H2,17,18,19);1H. The van der Waals surface area contributed by atoms with Crippen LogP contribution in [0.4, 0.5) is 0 Å². The molecule has 1 rings (SSSR count). The first-order valence-corrected chi connectivity index (χ1v) is 10.5. The summed E-state index contributed by atoms with van der Waals surface area (Å²) in [6.45, 7) is 2.47. The van der Waals surface area contributed by atoms with Crippen LogP contribution >= 0.6 is 24.0 Å². The van der Waals surface area contributed by atoms with Crippen LogP contribution in [0.2, 0.25) is 0 Å². The molecule has 1 aliphatic carbocycles. The molecule has 0 aromatic carbocycles. The first kappa shape index (κ1) is 24.4. The predicted octanol–water partition coefficient (Wildman–Crippen LogP) is 1.24. The van der Waals surface area contributed by atoms with E-state index in [9.17, 15) is 13.2 Å².